The summed E-state index contributed by atoms with van der Waals surface area (Å²) in [6.07, 6.45) is 0. The Morgan fingerprint density at radius 1 is 1.15 bits per heavy atom. The molecule has 0 aliphatic carbocycles. The fourth-order valence-electron chi connectivity index (χ4n) is 1.64. The summed E-state index contributed by atoms with van der Waals surface area (Å²) >= 11 is 0. The van der Waals surface area contributed by atoms with Crippen molar-refractivity contribution in [3.63, 3.8) is 0 Å². The van der Waals surface area contributed by atoms with Crippen molar-refractivity contribution in [2.45, 2.75) is 6.61 Å². The van der Waals surface area contributed by atoms with Crippen LogP contribution in [-0.4, -0.2) is 10.0 Å². The first-order valence-corrected chi connectivity index (χ1v) is 5.53. The van der Waals surface area contributed by atoms with Gasteiger partial charge in [-0.1, -0.05) is 12.1 Å². The van der Waals surface area contributed by atoms with Gasteiger partial charge in [0.1, 0.15) is 11.6 Å². The summed E-state index contributed by atoms with van der Waals surface area (Å²) in [4.78, 5) is 10.0. The van der Waals surface area contributed by atoms with Gasteiger partial charge in [0.05, 0.1) is 17.1 Å². The van der Waals surface area contributed by atoms with Gasteiger partial charge in [0.2, 0.25) is 5.75 Å². The number of hydrogen-bond acceptors (Lipinski definition) is 4. The Labute approximate surface area is 112 Å². The molecule has 0 aromatic heterocycles. The van der Waals surface area contributed by atoms with Crippen molar-refractivity contribution in [2.75, 3.05) is 0 Å². The van der Waals surface area contributed by atoms with Crippen LogP contribution in [0.3, 0.4) is 0 Å². The molecule has 0 aliphatic rings. The molecule has 5 nitrogen and oxygen atoms in total. The van der Waals surface area contributed by atoms with Gasteiger partial charge in [0, 0.05) is 6.07 Å². The molecule has 1 N–H and O–H groups in total. The second kappa shape index (κ2) is 5.62. The summed E-state index contributed by atoms with van der Waals surface area (Å²) in [5.74, 6) is -2.50. The summed E-state index contributed by atoms with van der Waals surface area (Å²) in [7, 11) is 0. The molecule has 2 aromatic carbocycles. The minimum absolute atomic E-state index is 0.180. The topological polar surface area (TPSA) is 72.6 Å². The highest BCUT2D eigenvalue weighted by molar-refractivity contribution is 5.50. The predicted octanol–water partition coefficient (Wildman–Crippen LogP) is 3.16. The van der Waals surface area contributed by atoms with Crippen LogP contribution in [0.2, 0.25) is 0 Å². The molecular weight excluding hydrogens is 272 g/mol. The second-order valence-corrected chi connectivity index (χ2v) is 3.82. The van der Waals surface area contributed by atoms with Crippen molar-refractivity contribution in [3.05, 3.63) is 63.7 Å². The minimum atomic E-state index is -0.952. The Morgan fingerprint density at radius 2 is 1.80 bits per heavy atom. The predicted molar refractivity (Wildman–Crippen MR) is 65.5 cm³/mol. The summed E-state index contributed by atoms with van der Waals surface area (Å²) in [5.41, 5.74) is -0.789. The smallest absolute Gasteiger partial charge is 0.314 e. The largest absolute Gasteiger partial charge is 0.447 e. The van der Waals surface area contributed by atoms with Crippen LogP contribution in [0.15, 0.2) is 36.4 Å². The quantitative estimate of drug-likeness (QED) is 0.690. The molecule has 0 amide bonds. The van der Waals surface area contributed by atoms with Crippen molar-refractivity contribution in [1.29, 1.82) is 0 Å². The minimum Gasteiger partial charge on any atom is -0.447 e. The highest BCUT2D eigenvalue weighted by atomic mass is 19.1. The molecule has 0 fully saturated rings. The molecule has 0 heterocycles. The zero-order chi connectivity index (χ0) is 14.7. The number of hydrogen-bond donors (Lipinski definition) is 1. The average molecular weight is 281 g/mol. The maximum absolute atomic E-state index is 13.6. The SMILES string of the molecule is O=[N+]([O-])c1cccc(F)c1Oc1cccc(F)c1CO. The van der Waals surface area contributed by atoms with Crippen LogP contribution >= 0.6 is 0 Å². The number of rotatable bonds is 4. The van der Waals surface area contributed by atoms with Crippen LogP contribution in [0.5, 0.6) is 11.5 Å². The van der Waals surface area contributed by atoms with E-state index < -0.39 is 34.6 Å². The van der Waals surface area contributed by atoms with Crippen molar-refractivity contribution in [1.82, 2.24) is 0 Å². The van der Waals surface area contributed by atoms with E-state index in [4.69, 9.17) is 9.84 Å². The number of benzene rings is 2. The van der Waals surface area contributed by atoms with Gasteiger partial charge >= 0.3 is 5.69 Å². The second-order valence-electron chi connectivity index (χ2n) is 3.82. The van der Waals surface area contributed by atoms with Gasteiger partial charge in [-0.25, -0.2) is 8.78 Å². The molecule has 2 rings (SSSR count). The molecule has 0 saturated heterocycles. The Kier molecular flexibility index (Phi) is 3.90. The standard InChI is InChI=1S/C13H9F2NO4/c14-9-3-2-6-12(8(9)7-17)20-13-10(15)4-1-5-11(13)16(18)19/h1-6,17H,7H2. The van der Waals surface area contributed by atoms with Crippen LogP contribution in [0.1, 0.15) is 5.56 Å². The molecule has 0 unspecified atom stereocenters. The number of halogens is 2. The van der Waals surface area contributed by atoms with Crippen LogP contribution in [-0.2, 0) is 6.61 Å². The van der Waals surface area contributed by atoms with Crippen LogP contribution in [0.4, 0.5) is 14.5 Å². The Balaban J connectivity index is 2.50. The van der Waals surface area contributed by atoms with Gasteiger partial charge in [-0.3, -0.25) is 10.1 Å². The number of aliphatic hydroxyl groups is 1. The molecule has 2 aromatic rings. The molecule has 7 heteroatoms. The first-order chi connectivity index (χ1) is 9.54. The van der Waals surface area contributed by atoms with Gasteiger partial charge in [-0.2, -0.15) is 0 Å². The molecular formula is C13H9F2NO4. The van der Waals surface area contributed by atoms with E-state index in [1.807, 2.05) is 0 Å². The maximum atomic E-state index is 13.6. The zero-order valence-electron chi connectivity index (χ0n) is 10.0. The third kappa shape index (κ3) is 2.57. The monoisotopic (exact) mass is 281 g/mol. The normalized spacial score (nSPS) is 10.3. The Morgan fingerprint density at radius 3 is 2.45 bits per heavy atom. The number of nitro groups is 1. The molecule has 0 saturated carbocycles. The maximum Gasteiger partial charge on any atom is 0.314 e. The van der Waals surface area contributed by atoms with E-state index >= 15 is 0 Å². The van der Waals surface area contributed by atoms with E-state index in [1.165, 1.54) is 18.2 Å². The van der Waals surface area contributed by atoms with E-state index in [0.29, 0.717) is 0 Å². The Bertz CT molecular complexity index is 661. The lowest BCUT2D eigenvalue weighted by Crippen LogP contribution is -1.99. The third-order valence-electron chi connectivity index (χ3n) is 2.59. The van der Waals surface area contributed by atoms with Crippen molar-refractivity contribution in [3.8, 4) is 11.5 Å². The van der Waals surface area contributed by atoms with E-state index in [1.54, 1.807) is 0 Å². The number of para-hydroxylation sites is 1. The van der Waals surface area contributed by atoms with Crippen LogP contribution in [0, 0.1) is 21.7 Å². The molecule has 0 aliphatic heterocycles. The van der Waals surface area contributed by atoms with Gasteiger partial charge in [0.15, 0.2) is 5.82 Å². The van der Waals surface area contributed by atoms with Crippen LogP contribution in [0.25, 0.3) is 0 Å². The van der Waals surface area contributed by atoms with Crippen LogP contribution < -0.4 is 4.74 Å². The van der Waals surface area contributed by atoms with E-state index in [9.17, 15) is 18.9 Å². The Hall–Kier alpha value is -2.54. The summed E-state index contributed by atoms with van der Waals surface area (Å²) in [5, 5.41) is 19.9. The van der Waals surface area contributed by atoms with Crippen molar-refractivity contribution in [2.24, 2.45) is 0 Å². The highest BCUT2D eigenvalue weighted by Gasteiger charge is 2.21. The van der Waals surface area contributed by atoms with Gasteiger partial charge in [-0.15, -0.1) is 0 Å². The lowest BCUT2D eigenvalue weighted by molar-refractivity contribution is -0.385. The lowest BCUT2D eigenvalue weighted by atomic mass is 10.2. The first-order valence-electron chi connectivity index (χ1n) is 5.53. The third-order valence-corrected chi connectivity index (χ3v) is 2.59. The molecule has 104 valence electrons. The van der Waals surface area contributed by atoms with Gasteiger partial charge in [-0.05, 0) is 18.2 Å². The molecule has 20 heavy (non-hydrogen) atoms. The fraction of sp³-hybridized carbons (Fsp3) is 0.0769. The summed E-state index contributed by atoms with van der Waals surface area (Å²) in [6, 6.07) is 6.88. The number of nitrogens with zero attached hydrogens (tertiary/aromatic N) is 1. The number of nitro benzene ring substituents is 1. The molecule has 0 radical (unpaired) electrons. The molecule has 0 bridgehead atoms. The van der Waals surface area contributed by atoms with E-state index in [2.05, 4.69) is 0 Å². The summed E-state index contributed by atoms with van der Waals surface area (Å²) < 4.78 is 32.2. The van der Waals surface area contributed by atoms with Crippen molar-refractivity contribution >= 4 is 5.69 Å². The average Bonchev–Trinajstić information content (AvgIpc) is 2.41. The van der Waals surface area contributed by atoms with Crippen molar-refractivity contribution < 1.29 is 23.5 Å². The molecule has 0 spiro atoms. The molecule has 0 atom stereocenters. The summed E-state index contributed by atoms with van der Waals surface area (Å²) in [6.45, 7) is -0.676. The number of ether oxygens (including phenoxy) is 1. The first kappa shape index (κ1) is 13.9. The lowest BCUT2D eigenvalue weighted by Gasteiger charge is -2.11. The van der Waals surface area contributed by atoms with Gasteiger partial charge < -0.3 is 9.84 Å². The zero-order valence-corrected chi connectivity index (χ0v) is 10.0. The van der Waals surface area contributed by atoms with E-state index in [-0.39, 0.29) is 11.3 Å². The highest BCUT2D eigenvalue weighted by Crippen LogP contribution is 2.35. The van der Waals surface area contributed by atoms with E-state index in [0.717, 1.165) is 18.2 Å². The fourth-order valence-corrected chi connectivity index (χ4v) is 1.64. The number of aliphatic hydroxyl groups excluding tert-OH is 1. The van der Waals surface area contributed by atoms with Gasteiger partial charge in [0.25, 0.3) is 0 Å².